The fraction of sp³-hybridized carbons (Fsp3) is 0.200. The number of carbonyl (C=O) groups is 2. The lowest BCUT2D eigenvalue weighted by molar-refractivity contribution is -0.118. The summed E-state index contributed by atoms with van der Waals surface area (Å²) in [6.45, 7) is 2.50. The van der Waals surface area contributed by atoms with Crippen LogP contribution in [-0.2, 0) is 11.3 Å². The fourth-order valence-corrected chi connectivity index (χ4v) is 3.88. The molecule has 2 N–H and O–H groups in total. The van der Waals surface area contributed by atoms with Crippen LogP contribution in [0.4, 0.5) is 5.69 Å². The molecule has 0 saturated carbocycles. The van der Waals surface area contributed by atoms with Crippen LogP contribution in [-0.4, -0.2) is 34.9 Å². The number of anilines is 1. The van der Waals surface area contributed by atoms with Crippen molar-refractivity contribution in [1.82, 2.24) is 15.5 Å². The summed E-state index contributed by atoms with van der Waals surface area (Å²) in [5, 5.41) is 13.7. The van der Waals surface area contributed by atoms with Gasteiger partial charge in [-0.25, -0.2) is 0 Å². The Labute approximate surface area is 176 Å². The van der Waals surface area contributed by atoms with Crippen molar-refractivity contribution in [2.24, 2.45) is 0 Å². The van der Waals surface area contributed by atoms with E-state index in [2.05, 4.69) is 20.8 Å². The summed E-state index contributed by atoms with van der Waals surface area (Å²) < 4.78 is 5.65. The second kappa shape index (κ2) is 10.0. The molecule has 3 aromatic rings. The monoisotopic (exact) mass is 428 g/mol. The number of amides is 2. The second-order valence-corrected chi connectivity index (χ2v) is 8.31. The minimum atomic E-state index is -0.344. The second-order valence-electron chi connectivity index (χ2n) is 6.11. The lowest BCUT2D eigenvalue weighted by atomic mass is 10.1. The molecule has 0 aliphatic rings. The van der Waals surface area contributed by atoms with Crippen molar-refractivity contribution in [1.29, 1.82) is 0 Å². The molecule has 0 bridgehead atoms. The highest BCUT2D eigenvalue weighted by Gasteiger charge is 2.14. The zero-order valence-electron chi connectivity index (χ0n) is 16.0. The topological polar surface area (TPSA) is 93.2 Å². The molecule has 0 spiro atoms. The van der Waals surface area contributed by atoms with Crippen molar-refractivity contribution in [2.75, 3.05) is 18.2 Å². The number of hydrogen-bond donors (Lipinski definition) is 2. The number of ether oxygens (including phenoxy) is 1. The van der Waals surface area contributed by atoms with E-state index in [1.54, 1.807) is 31.4 Å². The van der Waals surface area contributed by atoms with E-state index in [0.717, 1.165) is 16.9 Å². The average molecular weight is 429 g/mol. The van der Waals surface area contributed by atoms with E-state index in [1.165, 1.54) is 17.3 Å². The Kier molecular flexibility index (Phi) is 7.20. The van der Waals surface area contributed by atoms with Crippen LogP contribution in [0, 0.1) is 6.92 Å². The largest absolute Gasteiger partial charge is 0.497 e. The van der Waals surface area contributed by atoms with Crippen molar-refractivity contribution in [3.05, 3.63) is 64.7 Å². The van der Waals surface area contributed by atoms with Gasteiger partial charge in [-0.2, -0.15) is 0 Å². The fourth-order valence-electron chi connectivity index (χ4n) is 2.30. The van der Waals surface area contributed by atoms with Crippen LogP contribution in [0.25, 0.3) is 0 Å². The van der Waals surface area contributed by atoms with Gasteiger partial charge in [0.2, 0.25) is 10.9 Å². The zero-order chi connectivity index (χ0) is 20.6. The summed E-state index contributed by atoms with van der Waals surface area (Å²) >= 11 is 2.40. The van der Waals surface area contributed by atoms with E-state index in [9.17, 15) is 9.59 Å². The van der Waals surface area contributed by atoms with E-state index in [4.69, 9.17) is 4.74 Å². The van der Waals surface area contributed by atoms with E-state index >= 15 is 0 Å². The SMILES string of the molecule is COc1ccc(NC(=O)c2nnc(SCC(=O)NCc3ccc(C)cc3)s2)cc1. The van der Waals surface area contributed by atoms with Crippen molar-refractivity contribution < 1.29 is 14.3 Å². The first-order valence-corrected chi connectivity index (χ1v) is 10.6. The summed E-state index contributed by atoms with van der Waals surface area (Å²) in [4.78, 5) is 24.3. The third-order valence-corrected chi connectivity index (χ3v) is 5.94. The van der Waals surface area contributed by atoms with Gasteiger partial charge in [-0.05, 0) is 36.8 Å². The van der Waals surface area contributed by atoms with Crippen LogP contribution in [0.15, 0.2) is 52.9 Å². The number of methoxy groups -OCH3 is 1. The Hall–Kier alpha value is -2.91. The number of thioether (sulfide) groups is 1. The lowest BCUT2D eigenvalue weighted by Gasteiger charge is -2.04. The highest BCUT2D eigenvalue weighted by atomic mass is 32.2. The van der Waals surface area contributed by atoms with Crippen molar-refractivity contribution in [2.45, 2.75) is 17.8 Å². The molecule has 1 heterocycles. The van der Waals surface area contributed by atoms with Gasteiger partial charge >= 0.3 is 0 Å². The van der Waals surface area contributed by atoms with E-state index in [1.807, 2.05) is 31.2 Å². The minimum absolute atomic E-state index is 0.102. The van der Waals surface area contributed by atoms with Crippen LogP contribution in [0.1, 0.15) is 20.9 Å². The van der Waals surface area contributed by atoms with Gasteiger partial charge in [0.25, 0.3) is 5.91 Å². The molecular formula is C20H20N4O3S2. The molecule has 1 aromatic heterocycles. The van der Waals surface area contributed by atoms with Crippen molar-refractivity contribution >= 4 is 40.6 Å². The van der Waals surface area contributed by atoms with Gasteiger partial charge in [0.15, 0.2) is 4.34 Å². The van der Waals surface area contributed by atoms with Crippen LogP contribution in [0.3, 0.4) is 0 Å². The van der Waals surface area contributed by atoms with Gasteiger partial charge in [-0.15, -0.1) is 10.2 Å². The van der Waals surface area contributed by atoms with Crippen LogP contribution in [0.5, 0.6) is 5.75 Å². The molecule has 29 heavy (non-hydrogen) atoms. The Morgan fingerprint density at radius 2 is 1.79 bits per heavy atom. The number of nitrogens with one attached hydrogen (secondary N) is 2. The maximum Gasteiger partial charge on any atom is 0.286 e. The highest BCUT2D eigenvalue weighted by Crippen LogP contribution is 2.23. The van der Waals surface area contributed by atoms with Crippen LogP contribution >= 0.6 is 23.1 Å². The molecule has 0 saturated heterocycles. The average Bonchev–Trinajstić information content (AvgIpc) is 3.22. The third-order valence-electron chi connectivity index (χ3n) is 3.89. The number of hydrogen-bond acceptors (Lipinski definition) is 7. The lowest BCUT2D eigenvalue weighted by Crippen LogP contribution is -2.24. The molecule has 9 heteroatoms. The number of aromatic nitrogens is 2. The van der Waals surface area contributed by atoms with E-state index in [0.29, 0.717) is 22.3 Å². The summed E-state index contributed by atoms with van der Waals surface area (Å²) in [6.07, 6.45) is 0. The number of nitrogens with zero attached hydrogens (tertiary/aromatic N) is 2. The van der Waals surface area contributed by atoms with Crippen molar-refractivity contribution in [3.8, 4) is 5.75 Å². The van der Waals surface area contributed by atoms with Crippen LogP contribution < -0.4 is 15.4 Å². The van der Waals surface area contributed by atoms with Gasteiger partial charge < -0.3 is 15.4 Å². The van der Waals surface area contributed by atoms with E-state index < -0.39 is 0 Å². The Bertz CT molecular complexity index is 972. The first-order chi connectivity index (χ1) is 14.0. The molecule has 7 nitrogen and oxygen atoms in total. The smallest absolute Gasteiger partial charge is 0.286 e. The maximum absolute atomic E-state index is 12.3. The van der Waals surface area contributed by atoms with Gasteiger partial charge in [-0.1, -0.05) is 52.9 Å². The third kappa shape index (κ3) is 6.30. The first-order valence-electron chi connectivity index (χ1n) is 8.77. The van der Waals surface area contributed by atoms with Gasteiger partial charge in [0, 0.05) is 12.2 Å². The molecular weight excluding hydrogens is 408 g/mol. The maximum atomic E-state index is 12.3. The van der Waals surface area contributed by atoms with Gasteiger partial charge in [0.05, 0.1) is 12.9 Å². The molecule has 0 unspecified atom stereocenters. The molecule has 0 atom stereocenters. The standard InChI is InChI=1S/C20H20N4O3S2/c1-13-3-5-14(6-4-13)11-21-17(25)12-28-20-24-23-19(29-20)18(26)22-15-7-9-16(27-2)10-8-15/h3-10H,11-12H2,1-2H3,(H,21,25)(H,22,26). The number of carbonyl (C=O) groups excluding carboxylic acids is 2. The minimum Gasteiger partial charge on any atom is -0.497 e. The van der Waals surface area contributed by atoms with Gasteiger partial charge in [0.1, 0.15) is 5.75 Å². The van der Waals surface area contributed by atoms with E-state index in [-0.39, 0.29) is 22.6 Å². The Balaban J connectivity index is 1.45. The number of aryl methyl sites for hydroxylation is 1. The molecule has 3 rings (SSSR count). The molecule has 0 fully saturated rings. The molecule has 0 radical (unpaired) electrons. The summed E-state index contributed by atoms with van der Waals surface area (Å²) in [7, 11) is 1.58. The normalized spacial score (nSPS) is 10.4. The summed E-state index contributed by atoms with van der Waals surface area (Å²) in [5.74, 6) is 0.470. The number of rotatable bonds is 8. The summed E-state index contributed by atoms with van der Waals surface area (Å²) in [6, 6.07) is 15.0. The Morgan fingerprint density at radius 1 is 1.07 bits per heavy atom. The van der Waals surface area contributed by atoms with Crippen molar-refractivity contribution in [3.63, 3.8) is 0 Å². The van der Waals surface area contributed by atoms with Gasteiger partial charge in [-0.3, -0.25) is 9.59 Å². The Morgan fingerprint density at radius 3 is 2.48 bits per heavy atom. The predicted molar refractivity (Wildman–Crippen MR) is 115 cm³/mol. The molecule has 0 aliphatic carbocycles. The highest BCUT2D eigenvalue weighted by molar-refractivity contribution is 8.01. The zero-order valence-corrected chi connectivity index (χ0v) is 17.6. The predicted octanol–water partition coefficient (Wildman–Crippen LogP) is 3.52. The molecule has 2 amide bonds. The molecule has 0 aliphatic heterocycles. The van der Waals surface area contributed by atoms with Crippen LogP contribution in [0.2, 0.25) is 0 Å². The number of benzene rings is 2. The molecule has 150 valence electrons. The first kappa shape index (κ1) is 20.8. The molecule has 2 aromatic carbocycles. The summed E-state index contributed by atoms with van der Waals surface area (Å²) in [5.41, 5.74) is 2.86. The quantitative estimate of drug-likeness (QED) is 0.533.